The van der Waals surface area contributed by atoms with Crippen LogP contribution in [0.15, 0.2) is 55.5 Å². The van der Waals surface area contributed by atoms with Crippen molar-refractivity contribution in [1.82, 2.24) is 88.3 Å². The van der Waals surface area contributed by atoms with Crippen LogP contribution in [0.2, 0.25) is 0 Å². The number of guanidine groups is 1. The minimum Gasteiger partial charge on any atom is -0.481 e. The first-order chi connectivity index (χ1) is 48.5. The van der Waals surface area contributed by atoms with Gasteiger partial charge in [-0.15, -0.1) is 0 Å². The van der Waals surface area contributed by atoms with E-state index >= 15 is 0 Å². The van der Waals surface area contributed by atoms with Gasteiger partial charge in [0.2, 0.25) is 65.0 Å². The van der Waals surface area contributed by atoms with Crippen LogP contribution < -0.4 is 70.0 Å². The van der Waals surface area contributed by atoms with Gasteiger partial charge in [0.05, 0.1) is 54.8 Å². The molecule has 4 heterocycles. The molecule has 38 nitrogen and oxygen atoms in total. The first kappa shape index (κ1) is 83.1. The fourth-order valence-corrected chi connectivity index (χ4v) is 11.3. The monoisotopic (exact) mass is 1450 g/mol. The van der Waals surface area contributed by atoms with Gasteiger partial charge in [-0.05, 0) is 89.7 Å². The van der Waals surface area contributed by atoms with Crippen LogP contribution in [-0.2, 0) is 81.6 Å². The number of hydrogen-bond donors (Lipinski definition) is 22. The molecular weight excluding hydrogens is 1350 g/mol. The highest BCUT2D eigenvalue weighted by Crippen LogP contribution is 2.23. The third-order valence-corrected chi connectivity index (χ3v) is 16.7. The zero-order valence-corrected chi connectivity index (χ0v) is 58.5. The Kier molecular flexibility index (Phi) is 31.9. The number of imidazole rings is 2. The van der Waals surface area contributed by atoms with E-state index in [4.69, 9.17) is 16.9 Å². The van der Waals surface area contributed by atoms with Gasteiger partial charge in [-0.2, -0.15) is 0 Å². The summed E-state index contributed by atoms with van der Waals surface area (Å²) >= 11 is 0. The first-order valence-corrected chi connectivity index (χ1v) is 33.7. The SMILES string of the molecule is CC(C)C[C@H](NC(=O)[C@@H](N)CC(C)C)C(=O)N[C@@H](C)C(=O)N[C@@H](CC(=O)O)C(=O)N[C@H](C(=O)N[C@H](C(=O)N[C@@H](Cc1c[nH]cn1)C(=O)N[C@@H](Cc1c[nH]cn1)C(=O)N[C@@H](CCCNC(=N)N)C(=O)N1CCC[C@H]1C(=O)N[C@@H](Cc1c[nH]c2ccccc12)C(=O)N[C@H](C(=O)O)[C@@H](C)O)[C@@H](C)O)[C@@H](C)O. The average Bonchev–Trinajstić information content (AvgIpc) is 1.71. The molecule has 1 saturated heterocycles. The lowest BCUT2D eigenvalue weighted by molar-refractivity contribution is -0.145. The van der Waals surface area contributed by atoms with Crippen LogP contribution in [0, 0.1) is 17.2 Å². The first-order valence-electron chi connectivity index (χ1n) is 33.7. The van der Waals surface area contributed by atoms with Gasteiger partial charge in [0, 0.05) is 61.8 Å². The second-order valence-electron chi connectivity index (χ2n) is 26.3. The number of aliphatic carboxylic acids is 2. The molecule has 1 aliphatic rings. The van der Waals surface area contributed by atoms with Crippen molar-refractivity contribution in [3.8, 4) is 0 Å². The van der Waals surface area contributed by atoms with Gasteiger partial charge in [0.25, 0.3) is 0 Å². The van der Waals surface area contributed by atoms with Crippen LogP contribution in [0.3, 0.4) is 0 Å². The highest BCUT2D eigenvalue weighted by molar-refractivity contribution is 6.00. The molecule has 0 aliphatic carbocycles. The van der Waals surface area contributed by atoms with Crippen molar-refractivity contribution >= 4 is 93.8 Å². The third-order valence-electron chi connectivity index (χ3n) is 16.7. The van der Waals surface area contributed by atoms with E-state index in [2.05, 4.69) is 83.4 Å². The van der Waals surface area contributed by atoms with Crippen LogP contribution >= 0.6 is 0 Å². The maximum absolute atomic E-state index is 15.0. The molecular formula is C65H98N20O18. The molecule has 1 aromatic carbocycles. The normalized spacial score (nSPS) is 17.0. The fraction of sp³-hybridized carbons (Fsp3) is 0.569. The number of aliphatic hydroxyl groups is 3. The van der Waals surface area contributed by atoms with Crippen molar-refractivity contribution in [2.45, 2.75) is 210 Å². The summed E-state index contributed by atoms with van der Waals surface area (Å²) in [6.07, 6.45) is 0.326. The molecule has 0 radical (unpaired) electrons. The number of para-hydroxylation sites is 1. The number of amides is 11. The highest BCUT2D eigenvalue weighted by atomic mass is 16.4. The lowest BCUT2D eigenvalue weighted by atomic mass is 10.0. The molecule has 0 bridgehead atoms. The lowest BCUT2D eigenvalue weighted by Crippen LogP contribution is -2.63. The van der Waals surface area contributed by atoms with Gasteiger partial charge in [0.15, 0.2) is 12.0 Å². The van der Waals surface area contributed by atoms with Crippen LogP contribution in [0.25, 0.3) is 10.9 Å². The minimum atomic E-state index is -2.04. The molecule has 4 aromatic rings. The van der Waals surface area contributed by atoms with Crippen molar-refractivity contribution in [2.75, 3.05) is 13.1 Å². The molecule has 11 amide bonds. The summed E-state index contributed by atoms with van der Waals surface area (Å²) in [6, 6.07) is -11.8. The number of hydrogen-bond acceptors (Lipinski definition) is 20. The number of H-pyrrole nitrogens is 3. The maximum atomic E-state index is 15.0. The minimum absolute atomic E-state index is 0.0214. The number of nitrogens with one attached hydrogen (secondary N) is 15. The number of aromatic amines is 3. The largest absolute Gasteiger partial charge is 0.481 e. The number of carboxylic acid groups (broad SMARTS) is 2. The fourth-order valence-electron chi connectivity index (χ4n) is 11.3. The Balaban J connectivity index is 1.36. The van der Waals surface area contributed by atoms with Crippen LogP contribution in [0.5, 0.6) is 0 Å². The smallest absolute Gasteiger partial charge is 0.328 e. The number of benzene rings is 1. The Bertz CT molecular complexity index is 3580. The Hall–Kier alpha value is -10.6. The zero-order chi connectivity index (χ0) is 76.5. The number of aromatic nitrogens is 5. The van der Waals surface area contributed by atoms with Gasteiger partial charge < -0.3 is 115 Å². The Morgan fingerprint density at radius 3 is 1.59 bits per heavy atom. The number of nitrogens with two attached hydrogens (primary N) is 2. The zero-order valence-electron chi connectivity index (χ0n) is 58.5. The number of fused-ring (bicyclic) bond motifs is 1. The number of rotatable bonds is 41. The Morgan fingerprint density at radius 2 is 1.06 bits per heavy atom. The number of aliphatic hydroxyl groups excluding tert-OH is 3. The number of carboxylic acids is 2. The molecule has 1 fully saturated rings. The van der Waals surface area contributed by atoms with Gasteiger partial charge in [-0.3, -0.25) is 62.9 Å². The summed E-state index contributed by atoms with van der Waals surface area (Å²) in [5.74, 6) is -14.7. The van der Waals surface area contributed by atoms with E-state index in [0.717, 1.165) is 20.8 Å². The molecule has 1 aliphatic heterocycles. The van der Waals surface area contributed by atoms with E-state index in [0.29, 0.717) is 22.9 Å². The summed E-state index contributed by atoms with van der Waals surface area (Å²) in [6.45, 7) is 11.8. The lowest BCUT2D eigenvalue weighted by Gasteiger charge is -2.31. The quantitative estimate of drug-likeness (QED) is 0.0112. The van der Waals surface area contributed by atoms with E-state index in [9.17, 15) is 87.9 Å². The number of nitrogens with zero attached hydrogens (tertiary/aromatic N) is 3. The van der Waals surface area contributed by atoms with Gasteiger partial charge in [-0.1, -0.05) is 45.9 Å². The summed E-state index contributed by atoms with van der Waals surface area (Å²) in [4.78, 5) is 198. The van der Waals surface area contributed by atoms with Gasteiger partial charge in [-0.25, -0.2) is 14.8 Å². The van der Waals surface area contributed by atoms with Crippen LogP contribution in [0.1, 0.15) is 117 Å². The van der Waals surface area contributed by atoms with Crippen molar-refractivity contribution < 1.29 is 87.9 Å². The van der Waals surface area contributed by atoms with E-state index in [1.165, 1.54) is 36.9 Å². The van der Waals surface area contributed by atoms with E-state index in [-0.39, 0.29) is 81.3 Å². The summed E-state index contributed by atoms with van der Waals surface area (Å²) in [7, 11) is 0. The maximum Gasteiger partial charge on any atom is 0.328 e. The molecule has 0 unspecified atom stereocenters. The predicted octanol–water partition coefficient (Wildman–Crippen LogP) is -5.11. The molecule has 24 N–H and O–H groups in total. The van der Waals surface area contributed by atoms with E-state index in [1.807, 2.05) is 13.8 Å². The number of carbonyl (C=O) groups is 13. The van der Waals surface area contributed by atoms with Crippen molar-refractivity contribution in [3.63, 3.8) is 0 Å². The molecule has 0 saturated carbocycles. The van der Waals surface area contributed by atoms with Crippen molar-refractivity contribution in [2.24, 2.45) is 23.3 Å². The Labute approximate surface area is 592 Å². The predicted molar refractivity (Wildman–Crippen MR) is 367 cm³/mol. The molecule has 38 heteroatoms. The second kappa shape index (κ2) is 39.6. The molecule has 5 rings (SSSR count). The summed E-state index contributed by atoms with van der Waals surface area (Å²) in [5, 5.41) is 87.1. The van der Waals surface area contributed by atoms with Gasteiger partial charge in [0.1, 0.15) is 60.4 Å². The van der Waals surface area contributed by atoms with Crippen molar-refractivity contribution in [3.05, 3.63) is 72.5 Å². The summed E-state index contributed by atoms with van der Waals surface area (Å²) < 4.78 is 0. The Morgan fingerprint density at radius 1 is 0.573 bits per heavy atom. The average molecular weight is 1450 g/mol. The van der Waals surface area contributed by atoms with E-state index in [1.54, 1.807) is 44.3 Å². The molecule has 15 atom stereocenters. The topological polar surface area (TPSA) is 608 Å². The second-order valence-corrected chi connectivity index (χ2v) is 26.3. The van der Waals surface area contributed by atoms with E-state index < -0.39 is 187 Å². The standard InChI is InChI=1S/C65H98N20O18/c1-30(2)19-40(66)54(92)78-43(20-31(3)4)55(93)75-32(5)53(91)77-47(24-49(89)90)59(97)82-51(34(7)87)62(100)83-50(33(6)86)61(99)81-46(23-38-27-70-29-74-38)57(95)79-45(22-37-26-69-28-73-37)56(94)76-42(15-11-17-71-65(67)68)63(101)85-18-12-16-48(85)60(98)80-44(58(96)84-52(35(8)88)64(102)103)21-36-25-72-41-14-10-9-13-39(36)41/h9-10,13-14,25-35,40,42-48,50-52,72,86-88H,11-12,15-24,66H2,1-8H3,(H,69,73)(H,70,74)(H,75,93)(H,76,94)(H,77,91)(H,78,92)(H,79,95)(H,80,98)(H,81,99)(H,82,97)(H,83,100)(H,84,96)(H,89,90)(H,102,103)(H4,67,68,71)/t32-,33+,34+,35+,40-,42-,43-,44-,45-,46-,47-,48-,50-,51-,52-/m0/s1. The number of likely N-dealkylation sites (tertiary alicyclic amines) is 1. The molecule has 3 aromatic heterocycles. The van der Waals surface area contributed by atoms with Gasteiger partial charge >= 0.3 is 11.9 Å². The number of carbonyl (C=O) groups excluding carboxylic acids is 11. The van der Waals surface area contributed by atoms with Crippen LogP contribution in [-0.4, -0.2) is 242 Å². The molecule has 0 spiro atoms. The third kappa shape index (κ3) is 25.8. The molecule has 566 valence electrons. The highest BCUT2D eigenvalue weighted by Gasteiger charge is 2.42. The summed E-state index contributed by atoms with van der Waals surface area (Å²) in [5.41, 5.74) is 13.2. The van der Waals surface area contributed by atoms with Crippen LogP contribution in [0.4, 0.5) is 0 Å². The molecule has 103 heavy (non-hydrogen) atoms. The van der Waals surface area contributed by atoms with Crippen molar-refractivity contribution in [1.29, 1.82) is 5.41 Å².